The zero-order valence-electron chi connectivity index (χ0n) is 13.1. The molecule has 1 aliphatic carbocycles. The topological polar surface area (TPSA) is 41.1 Å². The van der Waals surface area contributed by atoms with E-state index in [1.165, 1.54) is 34.6 Å². The first-order chi connectivity index (χ1) is 10.6. The van der Waals surface area contributed by atoms with Crippen LogP contribution in [-0.4, -0.2) is 18.9 Å². The van der Waals surface area contributed by atoms with Crippen molar-refractivity contribution in [1.82, 2.24) is 4.72 Å². The minimum Gasteiger partial charge on any atom is -0.388 e. The number of rotatable bonds is 5. The summed E-state index contributed by atoms with van der Waals surface area (Å²) in [5.41, 5.74) is 1.53. The summed E-state index contributed by atoms with van der Waals surface area (Å²) in [4.78, 5) is 10.3. The Labute approximate surface area is 136 Å². The van der Waals surface area contributed by atoms with Gasteiger partial charge < -0.3 is 5.32 Å². The fraction of sp³-hybridized carbons (Fsp3) is 0.278. The monoisotopic (exact) mass is 314 g/mol. The molecular formula is C18H22N2OS. The molecule has 0 radical (unpaired) electrons. The normalized spacial score (nSPS) is 14.6. The second-order valence-electron chi connectivity index (χ2n) is 5.61. The second-order valence-corrected chi connectivity index (χ2v) is 6.49. The van der Waals surface area contributed by atoms with Crippen molar-refractivity contribution in [2.45, 2.75) is 30.2 Å². The number of carbonyl (C=O) groups excluding carboxylic acids is 1. The molecule has 3 nitrogen and oxygen atoms in total. The third-order valence-electron chi connectivity index (χ3n) is 3.61. The summed E-state index contributed by atoms with van der Waals surface area (Å²) in [6.07, 6.45) is 4.41. The Morgan fingerprint density at radius 1 is 1.18 bits per heavy atom. The maximum absolute atomic E-state index is 9.06. The highest BCUT2D eigenvalue weighted by Gasteiger charge is 2.36. The third-order valence-corrected chi connectivity index (χ3v) is 4.70. The molecule has 2 aromatic rings. The molecule has 0 heterocycles. The van der Waals surface area contributed by atoms with E-state index in [-0.39, 0.29) is 0 Å². The Kier molecular flexibility index (Phi) is 5.63. The molecule has 0 bridgehead atoms. The predicted molar refractivity (Wildman–Crippen MR) is 96.4 cm³/mol. The SMILES string of the molecule is C=CC=O.CNc1ccc2ccc(SNC3(C)CC3)cc2c1. The minimum atomic E-state index is 0.368. The minimum absolute atomic E-state index is 0.368. The summed E-state index contributed by atoms with van der Waals surface area (Å²) in [5, 5.41) is 5.76. The van der Waals surface area contributed by atoms with Crippen molar-refractivity contribution in [3.05, 3.63) is 49.1 Å². The number of anilines is 1. The van der Waals surface area contributed by atoms with Crippen LogP contribution in [0.4, 0.5) is 5.69 Å². The van der Waals surface area contributed by atoms with Crippen LogP contribution in [-0.2, 0) is 4.79 Å². The summed E-state index contributed by atoms with van der Waals surface area (Å²) >= 11 is 1.75. The zero-order chi connectivity index (χ0) is 16.0. The van der Waals surface area contributed by atoms with Crippen molar-refractivity contribution in [3.8, 4) is 0 Å². The summed E-state index contributed by atoms with van der Waals surface area (Å²) in [5.74, 6) is 0. The molecule has 3 rings (SSSR count). The molecule has 0 spiro atoms. The second kappa shape index (κ2) is 7.47. The van der Waals surface area contributed by atoms with Crippen molar-refractivity contribution >= 4 is 34.7 Å². The van der Waals surface area contributed by atoms with Gasteiger partial charge in [0.1, 0.15) is 6.29 Å². The van der Waals surface area contributed by atoms with Crippen LogP contribution in [0.5, 0.6) is 0 Å². The summed E-state index contributed by atoms with van der Waals surface area (Å²) in [6.45, 7) is 5.39. The highest BCUT2D eigenvalue weighted by Crippen LogP contribution is 2.37. The molecule has 0 amide bonds. The van der Waals surface area contributed by atoms with E-state index in [1.807, 2.05) is 7.05 Å². The van der Waals surface area contributed by atoms with Crippen LogP contribution in [0.1, 0.15) is 19.8 Å². The van der Waals surface area contributed by atoms with E-state index in [4.69, 9.17) is 4.79 Å². The van der Waals surface area contributed by atoms with E-state index >= 15 is 0 Å². The molecule has 2 N–H and O–H groups in total. The fourth-order valence-electron chi connectivity index (χ4n) is 1.92. The molecule has 2 aromatic carbocycles. The highest BCUT2D eigenvalue weighted by molar-refractivity contribution is 7.97. The van der Waals surface area contributed by atoms with E-state index < -0.39 is 0 Å². The van der Waals surface area contributed by atoms with Gasteiger partial charge in [-0.3, -0.25) is 9.52 Å². The highest BCUT2D eigenvalue weighted by atomic mass is 32.2. The number of carbonyl (C=O) groups is 1. The lowest BCUT2D eigenvalue weighted by Gasteiger charge is -2.11. The standard InChI is InChI=1S/C15H18N2S.C3H4O/c1-15(7-8-15)17-18-14-6-4-11-3-5-13(16-2)9-12(11)10-14;1-2-3-4/h3-6,9-10,16-17H,7-8H2,1-2H3;2-3H,1H2. The van der Waals surface area contributed by atoms with Crippen molar-refractivity contribution < 1.29 is 4.79 Å². The average Bonchev–Trinajstić information content (AvgIpc) is 3.30. The van der Waals surface area contributed by atoms with Gasteiger partial charge in [0.2, 0.25) is 0 Å². The van der Waals surface area contributed by atoms with Gasteiger partial charge in [0.25, 0.3) is 0 Å². The van der Waals surface area contributed by atoms with Gasteiger partial charge in [0, 0.05) is 23.2 Å². The van der Waals surface area contributed by atoms with Gasteiger partial charge in [0.05, 0.1) is 0 Å². The van der Waals surface area contributed by atoms with Crippen molar-refractivity contribution in [1.29, 1.82) is 0 Å². The maximum atomic E-state index is 9.06. The van der Waals surface area contributed by atoms with Crippen molar-refractivity contribution in [2.75, 3.05) is 12.4 Å². The van der Waals surface area contributed by atoms with Crippen LogP contribution in [0, 0.1) is 0 Å². The molecule has 0 aliphatic heterocycles. The lowest BCUT2D eigenvalue weighted by molar-refractivity contribution is -0.104. The molecule has 1 fully saturated rings. The number of aldehydes is 1. The molecule has 22 heavy (non-hydrogen) atoms. The third kappa shape index (κ3) is 4.61. The van der Waals surface area contributed by atoms with Crippen LogP contribution >= 0.6 is 11.9 Å². The average molecular weight is 314 g/mol. The van der Waals surface area contributed by atoms with Gasteiger partial charge in [-0.05, 0) is 72.8 Å². The van der Waals surface area contributed by atoms with Crippen LogP contribution in [0.25, 0.3) is 10.8 Å². The Hall–Kier alpha value is -1.78. The van der Waals surface area contributed by atoms with Gasteiger partial charge in [-0.25, -0.2) is 0 Å². The van der Waals surface area contributed by atoms with E-state index in [1.54, 1.807) is 11.9 Å². The molecule has 0 atom stereocenters. The Balaban J connectivity index is 0.000000396. The Bertz CT molecular complexity index is 659. The van der Waals surface area contributed by atoms with E-state index in [0.717, 1.165) is 5.69 Å². The molecule has 1 saturated carbocycles. The van der Waals surface area contributed by atoms with Crippen molar-refractivity contribution in [3.63, 3.8) is 0 Å². The number of allylic oxidation sites excluding steroid dienone is 1. The van der Waals surface area contributed by atoms with Crippen LogP contribution in [0.2, 0.25) is 0 Å². The maximum Gasteiger partial charge on any atom is 0.142 e. The van der Waals surface area contributed by atoms with Gasteiger partial charge in [-0.1, -0.05) is 18.7 Å². The predicted octanol–water partition coefficient (Wildman–Crippen LogP) is 4.40. The summed E-state index contributed by atoms with van der Waals surface area (Å²) < 4.78 is 3.54. The van der Waals surface area contributed by atoms with E-state index in [2.05, 4.69) is 59.9 Å². The smallest absolute Gasteiger partial charge is 0.142 e. The van der Waals surface area contributed by atoms with Crippen LogP contribution in [0.15, 0.2) is 53.9 Å². The zero-order valence-corrected chi connectivity index (χ0v) is 13.9. The largest absolute Gasteiger partial charge is 0.388 e. The number of nitrogens with one attached hydrogen (secondary N) is 2. The first-order valence-electron chi connectivity index (χ1n) is 7.32. The Morgan fingerprint density at radius 3 is 2.45 bits per heavy atom. The Morgan fingerprint density at radius 2 is 1.86 bits per heavy atom. The lowest BCUT2D eigenvalue weighted by Crippen LogP contribution is -2.19. The van der Waals surface area contributed by atoms with Crippen molar-refractivity contribution in [2.24, 2.45) is 0 Å². The van der Waals surface area contributed by atoms with E-state index in [9.17, 15) is 0 Å². The molecule has 0 aromatic heterocycles. The van der Waals surface area contributed by atoms with Gasteiger partial charge >= 0.3 is 0 Å². The molecule has 4 heteroatoms. The lowest BCUT2D eigenvalue weighted by atomic mass is 10.1. The summed E-state index contributed by atoms with van der Waals surface area (Å²) in [7, 11) is 1.95. The van der Waals surface area contributed by atoms with Gasteiger partial charge in [0.15, 0.2) is 0 Å². The van der Waals surface area contributed by atoms with Crippen LogP contribution < -0.4 is 10.0 Å². The molecule has 0 saturated heterocycles. The van der Waals surface area contributed by atoms with E-state index in [0.29, 0.717) is 11.8 Å². The van der Waals surface area contributed by atoms with Gasteiger partial charge in [-0.2, -0.15) is 0 Å². The number of hydrogen-bond acceptors (Lipinski definition) is 4. The van der Waals surface area contributed by atoms with Crippen LogP contribution in [0.3, 0.4) is 0 Å². The summed E-state index contributed by atoms with van der Waals surface area (Å²) in [6, 6.07) is 13.1. The van der Waals surface area contributed by atoms with Gasteiger partial charge in [-0.15, -0.1) is 0 Å². The molecule has 0 unspecified atom stereocenters. The number of fused-ring (bicyclic) bond motifs is 1. The quantitative estimate of drug-likeness (QED) is 0.487. The first-order valence-corrected chi connectivity index (χ1v) is 8.14. The molecule has 1 aliphatic rings. The first kappa shape index (κ1) is 16.6. The molecular weight excluding hydrogens is 292 g/mol. The fourth-order valence-corrected chi connectivity index (χ4v) is 2.81. The molecule has 116 valence electrons. The number of hydrogen-bond donors (Lipinski definition) is 2. The number of benzene rings is 2.